The van der Waals surface area contributed by atoms with E-state index in [2.05, 4.69) is 10.2 Å². The number of aromatic nitrogens is 3. The summed E-state index contributed by atoms with van der Waals surface area (Å²) in [5, 5.41) is 8.45. The van der Waals surface area contributed by atoms with Gasteiger partial charge < -0.3 is 5.73 Å². The van der Waals surface area contributed by atoms with Crippen LogP contribution in [0.2, 0.25) is 0 Å². The first kappa shape index (κ1) is 14.9. The van der Waals surface area contributed by atoms with Crippen LogP contribution in [0.15, 0.2) is 36.5 Å². The van der Waals surface area contributed by atoms with E-state index < -0.39 is 0 Å². The first-order valence-corrected chi connectivity index (χ1v) is 4.57. The van der Waals surface area contributed by atoms with Crippen LogP contribution >= 0.6 is 24.8 Å². The SMILES string of the molecule is Cl.Cl.NCCc1cnn(-c2ccccc2)n1. The van der Waals surface area contributed by atoms with Gasteiger partial charge in [-0.3, -0.25) is 0 Å². The second-order valence-corrected chi connectivity index (χ2v) is 3.00. The first-order valence-electron chi connectivity index (χ1n) is 4.57. The van der Waals surface area contributed by atoms with Crippen molar-refractivity contribution < 1.29 is 0 Å². The lowest BCUT2D eigenvalue weighted by molar-refractivity contribution is 0.735. The lowest BCUT2D eigenvalue weighted by Crippen LogP contribution is -2.04. The number of nitrogens with two attached hydrogens (primary N) is 1. The zero-order valence-corrected chi connectivity index (χ0v) is 10.2. The molecule has 2 N–H and O–H groups in total. The largest absolute Gasteiger partial charge is 0.330 e. The molecule has 0 spiro atoms. The molecule has 88 valence electrons. The van der Waals surface area contributed by atoms with Crippen molar-refractivity contribution >= 4 is 24.8 Å². The van der Waals surface area contributed by atoms with Crippen molar-refractivity contribution in [1.82, 2.24) is 15.0 Å². The minimum absolute atomic E-state index is 0. The summed E-state index contributed by atoms with van der Waals surface area (Å²) in [6.07, 6.45) is 2.52. The van der Waals surface area contributed by atoms with Crippen LogP contribution in [0.25, 0.3) is 5.69 Å². The monoisotopic (exact) mass is 260 g/mol. The average Bonchev–Trinajstić information content (AvgIpc) is 2.68. The molecule has 0 radical (unpaired) electrons. The molecule has 0 aliphatic heterocycles. The molecule has 0 atom stereocenters. The number of hydrogen-bond donors (Lipinski definition) is 1. The first-order chi connectivity index (χ1) is 6.90. The van der Waals surface area contributed by atoms with Gasteiger partial charge in [-0.15, -0.1) is 24.8 Å². The molecule has 6 heteroatoms. The minimum Gasteiger partial charge on any atom is -0.330 e. The molecule has 2 rings (SSSR count). The molecule has 0 unspecified atom stereocenters. The molecule has 0 bridgehead atoms. The molecule has 1 aromatic heterocycles. The summed E-state index contributed by atoms with van der Waals surface area (Å²) in [5.41, 5.74) is 7.33. The Morgan fingerprint density at radius 3 is 2.44 bits per heavy atom. The molecule has 16 heavy (non-hydrogen) atoms. The normalized spacial score (nSPS) is 9.06. The van der Waals surface area contributed by atoms with Gasteiger partial charge in [-0.25, -0.2) is 0 Å². The molecular weight excluding hydrogens is 247 g/mol. The molecule has 4 nitrogen and oxygen atoms in total. The third-order valence-electron chi connectivity index (χ3n) is 1.93. The summed E-state index contributed by atoms with van der Waals surface area (Å²) in [5.74, 6) is 0. The Kier molecular flexibility index (Phi) is 6.72. The van der Waals surface area contributed by atoms with Crippen LogP contribution < -0.4 is 5.73 Å². The Bertz CT molecular complexity index is 402. The van der Waals surface area contributed by atoms with E-state index in [-0.39, 0.29) is 24.8 Å². The highest BCUT2D eigenvalue weighted by molar-refractivity contribution is 5.85. The van der Waals surface area contributed by atoms with Gasteiger partial charge in [0, 0.05) is 6.42 Å². The summed E-state index contributed by atoms with van der Waals surface area (Å²) in [4.78, 5) is 1.62. The van der Waals surface area contributed by atoms with Crippen molar-refractivity contribution in [3.05, 3.63) is 42.2 Å². The van der Waals surface area contributed by atoms with Crippen molar-refractivity contribution in [1.29, 1.82) is 0 Å². The number of benzene rings is 1. The number of hydrogen-bond acceptors (Lipinski definition) is 3. The van der Waals surface area contributed by atoms with Crippen molar-refractivity contribution in [2.45, 2.75) is 6.42 Å². The van der Waals surface area contributed by atoms with Crippen molar-refractivity contribution in [2.24, 2.45) is 5.73 Å². The van der Waals surface area contributed by atoms with Gasteiger partial charge in [-0.05, 0) is 18.7 Å². The molecule has 0 amide bonds. The fraction of sp³-hybridized carbons (Fsp3) is 0.200. The highest BCUT2D eigenvalue weighted by Crippen LogP contribution is 2.03. The second kappa shape index (κ2) is 7.22. The van der Waals surface area contributed by atoms with Crippen molar-refractivity contribution in [3.63, 3.8) is 0 Å². The number of para-hydroxylation sites is 1. The van der Waals surface area contributed by atoms with E-state index in [1.54, 1.807) is 11.0 Å². The summed E-state index contributed by atoms with van der Waals surface area (Å²) in [6.45, 7) is 0.605. The average molecular weight is 261 g/mol. The fourth-order valence-electron chi connectivity index (χ4n) is 1.24. The number of halogens is 2. The molecule has 2 aromatic rings. The second-order valence-electron chi connectivity index (χ2n) is 3.00. The summed E-state index contributed by atoms with van der Waals surface area (Å²) in [6, 6.07) is 9.81. The van der Waals surface area contributed by atoms with E-state index in [0.717, 1.165) is 17.8 Å². The third-order valence-corrected chi connectivity index (χ3v) is 1.93. The standard InChI is InChI=1S/C10H12N4.2ClH/c11-7-6-9-8-12-14(13-9)10-4-2-1-3-5-10;;/h1-5,8H,6-7,11H2;2*1H. The fourth-order valence-corrected chi connectivity index (χ4v) is 1.24. The van der Waals surface area contributed by atoms with Gasteiger partial charge in [0.25, 0.3) is 0 Å². The summed E-state index contributed by atoms with van der Waals surface area (Å²) < 4.78 is 0. The Morgan fingerprint density at radius 1 is 1.12 bits per heavy atom. The van der Waals surface area contributed by atoms with Gasteiger partial charge in [0.05, 0.1) is 17.6 Å². The Morgan fingerprint density at radius 2 is 1.81 bits per heavy atom. The molecule has 1 heterocycles. The predicted molar refractivity (Wildman–Crippen MR) is 68.6 cm³/mol. The van der Waals surface area contributed by atoms with Gasteiger partial charge in [-0.2, -0.15) is 15.0 Å². The predicted octanol–water partition coefficient (Wildman–Crippen LogP) is 1.61. The van der Waals surface area contributed by atoms with E-state index in [4.69, 9.17) is 5.73 Å². The topological polar surface area (TPSA) is 56.7 Å². The maximum absolute atomic E-state index is 5.43. The van der Waals surface area contributed by atoms with Crippen LogP contribution in [0, 0.1) is 0 Å². The maximum Gasteiger partial charge on any atom is 0.0856 e. The lowest BCUT2D eigenvalue weighted by atomic mass is 10.3. The van der Waals surface area contributed by atoms with Gasteiger partial charge in [0.2, 0.25) is 0 Å². The molecule has 0 saturated heterocycles. The number of nitrogens with zero attached hydrogens (tertiary/aromatic N) is 3. The van der Waals surface area contributed by atoms with E-state index in [0.29, 0.717) is 6.54 Å². The van der Waals surface area contributed by atoms with Crippen LogP contribution in [0.1, 0.15) is 5.69 Å². The molecule has 0 aliphatic rings. The van der Waals surface area contributed by atoms with Gasteiger partial charge in [0.1, 0.15) is 0 Å². The van der Waals surface area contributed by atoms with Gasteiger partial charge in [-0.1, -0.05) is 18.2 Å². The third kappa shape index (κ3) is 3.48. The minimum atomic E-state index is 0. The molecule has 0 aliphatic carbocycles. The van der Waals surface area contributed by atoms with Gasteiger partial charge >= 0.3 is 0 Å². The van der Waals surface area contributed by atoms with Crippen LogP contribution in [-0.2, 0) is 6.42 Å². The quantitative estimate of drug-likeness (QED) is 0.913. The Hall–Kier alpha value is -1.10. The highest BCUT2D eigenvalue weighted by atomic mass is 35.5. The lowest BCUT2D eigenvalue weighted by Gasteiger charge is -1.96. The van der Waals surface area contributed by atoms with E-state index in [1.165, 1.54) is 0 Å². The van der Waals surface area contributed by atoms with Crippen LogP contribution in [0.3, 0.4) is 0 Å². The van der Waals surface area contributed by atoms with Crippen molar-refractivity contribution in [3.8, 4) is 5.69 Å². The summed E-state index contributed by atoms with van der Waals surface area (Å²) >= 11 is 0. The van der Waals surface area contributed by atoms with Gasteiger partial charge in [0.15, 0.2) is 0 Å². The molecule has 1 aromatic carbocycles. The van der Waals surface area contributed by atoms with Crippen molar-refractivity contribution in [2.75, 3.05) is 6.54 Å². The zero-order chi connectivity index (χ0) is 9.80. The maximum atomic E-state index is 5.43. The molecule has 0 saturated carbocycles. The van der Waals surface area contributed by atoms with E-state index in [1.807, 2.05) is 30.3 Å². The number of rotatable bonds is 3. The van der Waals surface area contributed by atoms with E-state index in [9.17, 15) is 0 Å². The molecular formula is C10H14Cl2N4. The highest BCUT2D eigenvalue weighted by Gasteiger charge is 2.00. The van der Waals surface area contributed by atoms with Crippen LogP contribution in [0.4, 0.5) is 0 Å². The summed E-state index contributed by atoms with van der Waals surface area (Å²) in [7, 11) is 0. The molecule has 0 fully saturated rings. The van der Waals surface area contributed by atoms with Crippen LogP contribution in [-0.4, -0.2) is 21.5 Å². The van der Waals surface area contributed by atoms with E-state index >= 15 is 0 Å². The smallest absolute Gasteiger partial charge is 0.0856 e. The Balaban J connectivity index is 0.00000112. The zero-order valence-electron chi connectivity index (χ0n) is 8.61. The Labute approximate surface area is 107 Å². The van der Waals surface area contributed by atoms with Crippen LogP contribution in [0.5, 0.6) is 0 Å².